The molecule has 1 rings (SSSR count). The number of hydrogen-bond acceptors (Lipinski definition) is 4. The molecule has 2 N–H and O–H groups in total. The molecule has 102 valence electrons. The highest BCUT2D eigenvalue weighted by Crippen LogP contribution is 2.33. The van der Waals surface area contributed by atoms with Crippen LogP contribution in [0.15, 0.2) is 17.0 Å². The van der Waals surface area contributed by atoms with E-state index in [1.807, 2.05) is 0 Å². The molecule has 8 heteroatoms. The number of aliphatic hydroxyl groups is 1. The predicted molar refractivity (Wildman–Crippen MR) is 69.9 cm³/mol. The quantitative estimate of drug-likeness (QED) is 0.867. The summed E-state index contributed by atoms with van der Waals surface area (Å²) in [5.41, 5.74) is 0. The molecule has 0 bridgehead atoms. The van der Waals surface area contributed by atoms with Crippen molar-refractivity contribution in [1.82, 2.24) is 4.72 Å². The van der Waals surface area contributed by atoms with Gasteiger partial charge in [0.1, 0.15) is 10.6 Å². The molecule has 0 radical (unpaired) electrons. The molecule has 1 atom stereocenters. The summed E-state index contributed by atoms with van der Waals surface area (Å²) in [6.45, 7) is 1.35. The number of rotatable bonds is 5. The van der Waals surface area contributed by atoms with E-state index in [1.165, 1.54) is 26.2 Å². The lowest BCUT2D eigenvalue weighted by atomic mass is 10.3. The van der Waals surface area contributed by atoms with E-state index < -0.39 is 16.1 Å². The number of hydrogen-bond donors (Lipinski definition) is 2. The number of methoxy groups -OCH3 is 1. The maximum absolute atomic E-state index is 11.9. The number of benzene rings is 1. The molecular weight excluding hydrogens is 301 g/mol. The Hall–Kier alpha value is -0.530. The van der Waals surface area contributed by atoms with Crippen LogP contribution in [0.1, 0.15) is 6.92 Å². The summed E-state index contributed by atoms with van der Waals surface area (Å²) in [6.07, 6.45) is -0.799. The number of ether oxygens (including phenoxy) is 1. The van der Waals surface area contributed by atoms with E-state index in [2.05, 4.69) is 4.72 Å². The molecule has 0 heterocycles. The zero-order chi connectivity index (χ0) is 13.9. The standard InChI is InChI=1S/C10H13Cl2NO4S/c1-6(14)5-13-18(15,16)10-4-7(11)9(17-2)3-8(10)12/h3-4,6,13-14H,5H2,1-2H3/t6-/m0/s1. The largest absolute Gasteiger partial charge is 0.495 e. The molecule has 0 spiro atoms. The first kappa shape index (κ1) is 15.5. The second kappa shape index (κ2) is 6.08. The summed E-state index contributed by atoms with van der Waals surface area (Å²) in [5.74, 6) is 0.288. The van der Waals surface area contributed by atoms with Gasteiger partial charge in [-0.25, -0.2) is 13.1 Å². The Morgan fingerprint density at radius 2 is 2.00 bits per heavy atom. The van der Waals surface area contributed by atoms with Gasteiger partial charge < -0.3 is 9.84 Å². The van der Waals surface area contributed by atoms with Gasteiger partial charge >= 0.3 is 0 Å². The number of aliphatic hydroxyl groups excluding tert-OH is 1. The van der Waals surface area contributed by atoms with Crippen molar-refractivity contribution in [2.24, 2.45) is 0 Å². The Morgan fingerprint density at radius 3 is 2.50 bits per heavy atom. The molecule has 0 aliphatic carbocycles. The predicted octanol–water partition coefficient (Wildman–Crippen LogP) is 1.66. The van der Waals surface area contributed by atoms with Crippen LogP contribution in [0.5, 0.6) is 5.75 Å². The number of halogens is 2. The van der Waals surface area contributed by atoms with Crippen LogP contribution in [0.3, 0.4) is 0 Å². The topological polar surface area (TPSA) is 75.6 Å². The Morgan fingerprint density at radius 1 is 1.39 bits per heavy atom. The summed E-state index contributed by atoms with van der Waals surface area (Å²) in [4.78, 5) is -0.157. The minimum atomic E-state index is -3.82. The third-order valence-electron chi connectivity index (χ3n) is 2.06. The first-order valence-corrected chi connectivity index (χ1v) is 7.22. The van der Waals surface area contributed by atoms with Gasteiger partial charge in [0.2, 0.25) is 10.0 Å². The molecule has 0 saturated carbocycles. The molecule has 0 amide bonds. The summed E-state index contributed by atoms with van der Waals surface area (Å²) in [5, 5.41) is 9.20. The normalized spacial score (nSPS) is 13.4. The highest BCUT2D eigenvalue weighted by atomic mass is 35.5. The molecule has 0 aliphatic heterocycles. The zero-order valence-corrected chi connectivity index (χ0v) is 12.1. The van der Waals surface area contributed by atoms with E-state index >= 15 is 0 Å². The minimum absolute atomic E-state index is 0.00524. The van der Waals surface area contributed by atoms with Crippen molar-refractivity contribution in [1.29, 1.82) is 0 Å². The van der Waals surface area contributed by atoms with Gasteiger partial charge in [-0.3, -0.25) is 0 Å². The lowest BCUT2D eigenvalue weighted by Crippen LogP contribution is -2.30. The van der Waals surface area contributed by atoms with Crippen molar-refractivity contribution in [3.8, 4) is 5.75 Å². The van der Waals surface area contributed by atoms with Gasteiger partial charge in [0.05, 0.1) is 23.3 Å². The molecule has 0 unspecified atom stereocenters. The fourth-order valence-corrected chi connectivity index (χ4v) is 3.15. The molecular formula is C10H13Cl2NO4S. The maximum atomic E-state index is 11.9. The minimum Gasteiger partial charge on any atom is -0.495 e. The lowest BCUT2D eigenvalue weighted by molar-refractivity contribution is 0.198. The zero-order valence-electron chi connectivity index (χ0n) is 9.78. The fraction of sp³-hybridized carbons (Fsp3) is 0.400. The number of nitrogens with one attached hydrogen (secondary N) is 1. The van der Waals surface area contributed by atoms with Crippen molar-refractivity contribution in [3.63, 3.8) is 0 Å². The van der Waals surface area contributed by atoms with Crippen molar-refractivity contribution < 1.29 is 18.3 Å². The molecule has 0 aromatic heterocycles. The Bertz CT molecular complexity index is 531. The van der Waals surface area contributed by atoms with Gasteiger partial charge in [-0.05, 0) is 13.0 Å². The first-order chi connectivity index (χ1) is 8.27. The SMILES string of the molecule is COc1cc(Cl)c(S(=O)(=O)NC[C@H](C)O)cc1Cl. The molecule has 0 fully saturated rings. The fourth-order valence-electron chi connectivity index (χ4n) is 1.18. The Labute approximate surface area is 116 Å². The average Bonchev–Trinajstić information content (AvgIpc) is 2.29. The van der Waals surface area contributed by atoms with Crippen LogP contribution in [-0.2, 0) is 10.0 Å². The summed E-state index contributed by atoms with van der Waals surface area (Å²) in [6, 6.07) is 2.52. The van der Waals surface area contributed by atoms with Crippen LogP contribution in [0.25, 0.3) is 0 Å². The lowest BCUT2D eigenvalue weighted by Gasteiger charge is -2.11. The molecule has 5 nitrogen and oxygen atoms in total. The van der Waals surface area contributed by atoms with Crippen molar-refractivity contribution in [2.45, 2.75) is 17.9 Å². The average molecular weight is 314 g/mol. The second-order valence-corrected chi connectivity index (χ2v) is 6.17. The Balaban J connectivity index is 3.13. The van der Waals surface area contributed by atoms with Gasteiger partial charge in [0.25, 0.3) is 0 Å². The van der Waals surface area contributed by atoms with Crippen molar-refractivity contribution in [2.75, 3.05) is 13.7 Å². The van der Waals surface area contributed by atoms with E-state index in [0.29, 0.717) is 0 Å². The Kier molecular flexibility index (Phi) is 5.24. The smallest absolute Gasteiger partial charge is 0.242 e. The van der Waals surface area contributed by atoms with Crippen LogP contribution < -0.4 is 9.46 Å². The number of sulfonamides is 1. The molecule has 0 saturated heterocycles. The van der Waals surface area contributed by atoms with Crippen LogP contribution in [0.4, 0.5) is 0 Å². The van der Waals surface area contributed by atoms with Crippen LogP contribution in [0.2, 0.25) is 10.0 Å². The van der Waals surface area contributed by atoms with Gasteiger partial charge in [-0.1, -0.05) is 23.2 Å². The van der Waals surface area contributed by atoms with Gasteiger partial charge in [0.15, 0.2) is 0 Å². The summed E-state index contributed by atoms with van der Waals surface area (Å²) >= 11 is 11.7. The van der Waals surface area contributed by atoms with Gasteiger partial charge in [0, 0.05) is 12.6 Å². The maximum Gasteiger partial charge on any atom is 0.242 e. The van der Waals surface area contributed by atoms with Crippen LogP contribution in [0, 0.1) is 0 Å². The van der Waals surface area contributed by atoms with Crippen LogP contribution >= 0.6 is 23.2 Å². The van der Waals surface area contributed by atoms with E-state index in [0.717, 1.165) is 0 Å². The summed E-state index contributed by atoms with van der Waals surface area (Å²) < 4.78 is 30.9. The van der Waals surface area contributed by atoms with Crippen molar-refractivity contribution >= 4 is 33.2 Å². The molecule has 1 aromatic carbocycles. The highest BCUT2D eigenvalue weighted by Gasteiger charge is 2.20. The third kappa shape index (κ3) is 3.73. The first-order valence-electron chi connectivity index (χ1n) is 4.98. The van der Waals surface area contributed by atoms with E-state index in [9.17, 15) is 8.42 Å². The molecule has 18 heavy (non-hydrogen) atoms. The molecule has 1 aromatic rings. The molecule has 0 aliphatic rings. The van der Waals surface area contributed by atoms with Gasteiger partial charge in [-0.15, -0.1) is 0 Å². The highest BCUT2D eigenvalue weighted by molar-refractivity contribution is 7.89. The van der Waals surface area contributed by atoms with E-state index in [-0.39, 0.29) is 27.2 Å². The second-order valence-electron chi connectivity index (χ2n) is 3.62. The van der Waals surface area contributed by atoms with Gasteiger partial charge in [-0.2, -0.15) is 0 Å². The van der Waals surface area contributed by atoms with Crippen molar-refractivity contribution in [3.05, 3.63) is 22.2 Å². The summed E-state index contributed by atoms with van der Waals surface area (Å²) in [7, 11) is -2.42. The van der Waals surface area contributed by atoms with Crippen LogP contribution in [-0.4, -0.2) is 33.3 Å². The third-order valence-corrected chi connectivity index (χ3v) is 4.25. The monoisotopic (exact) mass is 313 g/mol. The van der Waals surface area contributed by atoms with E-state index in [1.54, 1.807) is 0 Å². The van der Waals surface area contributed by atoms with E-state index in [4.69, 9.17) is 33.0 Å².